The van der Waals surface area contributed by atoms with E-state index in [1.54, 1.807) is 25.1 Å². The maximum Gasteiger partial charge on any atom is 0.305 e. The monoisotopic (exact) mass is 366 g/mol. The number of unbranched alkanes of at least 4 members (excludes halogenated alkanes) is 1. The highest BCUT2D eigenvalue weighted by Gasteiger charge is 2.16. The van der Waals surface area contributed by atoms with Crippen molar-refractivity contribution in [1.29, 1.82) is 0 Å². The molecule has 0 aliphatic heterocycles. The van der Waals surface area contributed by atoms with E-state index >= 15 is 0 Å². The number of methoxy groups -OCH3 is 1. The van der Waals surface area contributed by atoms with Gasteiger partial charge in [-0.1, -0.05) is 6.07 Å². The van der Waals surface area contributed by atoms with Crippen molar-refractivity contribution < 1.29 is 29.3 Å². The minimum Gasteiger partial charge on any atom is -0.469 e. The van der Waals surface area contributed by atoms with Crippen LogP contribution in [-0.4, -0.2) is 41.1 Å². The number of carbonyl (C=O) groups is 3. The number of aliphatic hydroxyl groups excluding tert-OH is 2. The van der Waals surface area contributed by atoms with Crippen LogP contribution in [0.5, 0.6) is 0 Å². The Morgan fingerprint density at radius 3 is 2.15 bits per heavy atom. The van der Waals surface area contributed by atoms with E-state index in [0.29, 0.717) is 29.7 Å². The molecule has 0 saturated carbocycles. The van der Waals surface area contributed by atoms with Gasteiger partial charge in [-0.05, 0) is 43.0 Å². The molecule has 144 valence electrons. The lowest BCUT2D eigenvalue weighted by Crippen LogP contribution is -2.41. The van der Waals surface area contributed by atoms with Crippen LogP contribution in [-0.2, 0) is 32.3 Å². The Morgan fingerprint density at radius 1 is 1.04 bits per heavy atom. The van der Waals surface area contributed by atoms with Crippen LogP contribution in [0.25, 0.3) is 0 Å². The molecule has 0 radical (unpaired) electrons. The summed E-state index contributed by atoms with van der Waals surface area (Å²) in [5, 5.41) is 23.7. The summed E-state index contributed by atoms with van der Waals surface area (Å²) >= 11 is 0. The third-order valence-corrected chi connectivity index (χ3v) is 3.72. The summed E-state index contributed by atoms with van der Waals surface area (Å²) in [6, 6.07) is 4.07. The Balaban J connectivity index is 2.47. The second kappa shape index (κ2) is 11.2. The molecule has 1 rings (SSSR count). The molecule has 2 amide bonds. The number of rotatable bonds is 10. The van der Waals surface area contributed by atoms with Gasteiger partial charge in [-0.2, -0.15) is 0 Å². The zero-order chi connectivity index (χ0) is 19.5. The molecule has 0 aromatic heterocycles. The molecule has 1 aromatic carbocycles. The van der Waals surface area contributed by atoms with Crippen molar-refractivity contribution in [2.75, 3.05) is 12.4 Å². The van der Waals surface area contributed by atoms with Crippen molar-refractivity contribution in [2.24, 2.45) is 0 Å². The van der Waals surface area contributed by atoms with Crippen molar-refractivity contribution in [1.82, 2.24) is 5.32 Å². The average Bonchev–Trinajstić information content (AvgIpc) is 2.64. The van der Waals surface area contributed by atoms with Crippen LogP contribution >= 0.6 is 0 Å². The van der Waals surface area contributed by atoms with Crippen molar-refractivity contribution >= 4 is 23.5 Å². The molecule has 0 saturated heterocycles. The van der Waals surface area contributed by atoms with Crippen LogP contribution in [0.4, 0.5) is 5.69 Å². The average molecular weight is 366 g/mol. The number of hydrogen-bond donors (Lipinski definition) is 4. The molecule has 0 unspecified atom stereocenters. The Labute approximate surface area is 152 Å². The molecule has 1 aromatic rings. The van der Waals surface area contributed by atoms with Gasteiger partial charge in [-0.25, -0.2) is 0 Å². The fourth-order valence-electron chi connectivity index (χ4n) is 2.30. The first-order chi connectivity index (χ1) is 12.4. The van der Waals surface area contributed by atoms with E-state index in [9.17, 15) is 24.6 Å². The Kier molecular flexibility index (Phi) is 9.32. The summed E-state index contributed by atoms with van der Waals surface area (Å²) in [6.07, 6.45) is 1.53. The number of amides is 2. The number of anilines is 1. The topological polar surface area (TPSA) is 125 Å². The first kappa shape index (κ1) is 21.6. The molecule has 0 heterocycles. The second-order valence-electron chi connectivity index (χ2n) is 5.92. The van der Waals surface area contributed by atoms with Crippen LogP contribution < -0.4 is 10.6 Å². The van der Waals surface area contributed by atoms with E-state index in [2.05, 4.69) is 15.4 Å². The van der Waals surface area contributed by atoms with E-state index < -0.39 is 11.9 Å². The molecule has 0 bridgehead atoms. The van der Waals surface area contributed by atoms with Gasteiger partial charge in [0, 0.05) is 18.5 Å². The maximum absolute atomic E-state index is 12.2. The van der Waals surface area contributed by atoms with Gasteiger partial charge >= 0.3 is 5.97 Å². The normalized spacial score (nSPS) is 11.5. The summed E-state index contributed by atoms with van der Waals surface area (Å²) in [5.74, 6) is -1.00. The third kappa shape index (κ3) is 7.62. The summed E-state index contributed by atoms with van der Waals surface area (Å²) in [7, 11) is 1.31. The number of hydrogen-bond acceptors (Lipinski definition) is 6. The SMILES string of the molecule is COC(=O)CCCCC(=O)N[C@@H](C)C(=O)Nc1cc(CO)cc(CO)c1. The van der Waals surface area contributed by atoms with Crippen LogP contribution in [0.3, 0.4) is 0 Å². The summed E-state index contributed by atoms with van der Waals surface area (Å²) < 4.78 is 4.52. The number of carbonyl (C=O) groups excluding carboxylic acids is 3. The van der Waals surface area contributed by atoms with E-state index in [4.69, 9.17) is 0 Å². The van der Waals surface area contributed by atoms with Crippen LogP contribution in [0.15, 0.2) is 18.2 Å². The van der Waals surface area contributed by atoms with E-state index in [0.717, 1.165) is 0 Å². The van der Waals surface area contributed by atoms with Crippen molar-refractivity contribution in [3.05, 3.63) is 29.3 Å². The van der Waals surface area contributed by atoms with E-state index in [-0.39, 0.29) is 37.9 Å². The van der Waals surface area contributed by atoms with Gasteiger partial charge in [0.05, 0.1) is 20.3 Å². The smallest absolute Gasteiger partial charge is 0.305 e. The summed E-state index contributed by atoms with van der Waals surface area (Å²) in [5.41, 5.74) is 1.56. The predicted octanol–water partition coefficient (Wildman–Crippen LogP) is 0.848. The summed E-state index contributed by atoms with van der Waals surface area (Å²) in [4.78, 5) is 35.0. The molecule has 0 aliphatic carbocycles. The maximum atomic E-state index is 12.2. The van der Waals surface area contributed by atoms with Crippen LogP contribution in [0.2, 0.25) is 0 Å². The lowest BCUT2D eigenvalue weighted by molar-refractivity contribution is -0.140. The molecule has 0 aliphatic rings. The van der Waals surface area contributed by atoms with Crippen molar-refractivity contribution in [3.63, 3.8) is 0 Å². The predicted molar refractivity (Wildman–Crippen MR) is 95.0 cm³/mol. The largest absolute Gasteiger partial charge is 0.469 e. The number of ether oxygens (including phenoxy) is 1. The lowest BCUT2D eigenvalue weighted by Gasteiger charge is -2.15. The van der Waals surface area contributed by atoms with E-state index in [1.807, 2.05) is 0 Å². The zero-order valence-electron chi connectivity index (χ0n) is 15.1. The molecule has 1 atom stereocenters. The molecule has 0 spiro atoms. The van der Waals surface area contributed by atoms with Gasteiger partial charge < -0.3 is 25.6 Å². The highest BCUT2D eigenvalue weighted by Crippen LogP contribution is 2.16. The van der Waals surface area contributed by atoms with Crippen LogP contribution in [0, 0.1) is 0 Å². The number of nitrogens with one attached hydrogen (secondary N) is 2. The number of aliphatic hydroxyl groups is 2. The van der Waals surface area contributed by atoms with Gasteiger partial charge in [-0.3, -0.25) is 14.4 Å². The second-order valence-corrected chi connectivity index (χ2v) is 5.92. The Hall–Kier alpha value is -2.45. The van der Waals surface area contributed by atoms with Crippen LogP contribution in [0.1, 0.15) is 43.7 Å². The van der Waals surface area contributed by atoms with Crippen molar-refractivity contribution in [2.45, 2.75) is 51.9 Å². The van der Waals surface area contributed by atoms with Crippen molar-refractivity contribution in [3.8, 4) is 0 Å². The molecule has 0 fully saturated rings. The van der Waals surface area contributed by atoms with Gasteiger partial charge in [0.15, 0.2) is 0 Å². The first-order valence-corrected chi connectivity index (χ1v) is 8.41. The molecule has 26 heavy (non-hydrogen) atoms. The number of benzene rings is 1. The Bertz CT molecular complexity index is 610. The van der Waals surface area contributed by atoms with Gasteiger partial charge in [0.25, 0.3) is 0 Å². The van der Waals surface area contributed by atoms with E-state index in [1.165, 1.54) is 7.11 Å². The fourth-order valence-corrected chi connectivity index (χ4v) is 2.30. The highest BCUT2D eigenvalue weighted by molar-refractivity contribution is 5.97. The quantitative estimate of drug-likeness (QED) is 0.359. The minimum absolute atomic E-state index is 0.212. The van der Waals surface area contributed by atoms with Gasteiger partial charge in [-0.15, -0.1) is 0 Å². The standard InChI is InChI=1S/C18H26N2O6/c1-12(19-16(23)5-3-4-6-17(24)26-2)18(25)20-15-8-13(10-21)7-14(9-15)11-22/h7-9,12,21-22H,3-6,10-11H2,1-2H3,(H,19,23)(H,20,25)/t12-/m0/s1. The molecule has 4 N–H and O–H groups in total. The molecular formula is C18H26N2O6. The minimum atomic E-state index is -0.751. The highest BCUT2D eigenvalue weighted by atomic mass is 16.5. The third-order valence-electron chi connectivity index (χ3n) is 3.72. The Morgan fingerprint density at radius 2 is 1.62 bits per heavy atom. The molecular weight excluding hydrogens is 340 g/mol. The molecule has 8 heteroatoms. The fraction of sp³-hybridized carbons (Fsp3) is 0.500. The van der Waals surface area contributed by atoms with Gasteiger partial charge in [0.1, 0.15) is 6.04 Å². The summed E-state index contributed by atoms with van der Waals surface area (Å²) in [6.45, 7) is 1.13. The lowest BCUT2D eigenvalue weighted by atomic mass is 10.1. The first-order valence-electron chi connectivity index (χ1n) is 8.41. The molecule has 8 nitrogen and oxygen atoms in total. The zero-order valence-corrected chi connectivity index (χ0v) is 15.1. The number of esters is 1. The van der Waals surface area contributed by atoms with Gasteiger partial charge in [0.2, 0.25) is 11.8 Å².